The fourth-order valence-electron chi connectivity index (χ4n) is 0.881. The molecule has 0 saturated carbocycles. The predicted octanol–water partition coefficient (Wildman–Crippen LogP) is 0.472. The highest BCUT2D eigenvalue weighted by Gasteiger charge is 2.29. The van der Waals surface area contributed by atoms with Gasteiger partial charge in [0.05, 0.1) is 0 Å². The molecule has 5 nitrogen and oxygen atoms in total. The van der Waals surface area contributed by atoms with Crippen LogP contribution in [0.1, 0.15) is 20.3 Å². The van der Waals surface area contributed by atoms with Crippen LogP contribution in [0.25, 0.3) is 0 Å². The SMILES string of the molecule is CCC(C)(CBr)NS(=O)(=O)CS(C)(=O)=O. The Labute approximate surface area is 99.7 Å². The van der Waals surface area contributed by atoms with Gasteiger partial charge in [0.25, 0.3) is 0 Å². The summed E-state index contributed by atoms with van der Waals surface area (Å²) >= 11 is 3.19. The van der Waals surface area contributed by atoms with Crippen molar-refractivity contribution in [3.05, 3.63) is 0 Å². The van der Waals surface area contributed by atoms with Crippen molar-refractivity contribution in [2.24, 2.45) is 0 Å². The number of hydrogen-bond donors (Lipinski definition) is 1. The summed E-state index contributed by atoms with van der Waals surface area (Å²) in [6, 6.07) is 0. The molecular weight excluding hydrogens is 306 g/mol. The normalized spacial score (nSPS) is 17.3. The Hall–Kier alpha value is 0.340. The lowest BCUT2D eigenvalue weighted by Crippen LogP contribution is -2.48. The van der Waals surface area contributed by atoms with Crippen LogP contribution >= 0.6 is 15.9 Å². The van der Waals surface area contributed by atoms with E-state index in [9.17, 15) is 16.8 Å². The second-order valence-electron chi connectivity index (χ2n) is 3.81. The van der Waals surface area contributed by atoms with E-state index in [1.54, 1.807) is 6.92 Å². The fourth-order valence-corrected chi connectivity index (χ4v) is 5.06. The lowest BCUT2D eigenvalue weighted by atomic mass is 10.0. The summed E-state index contributed by atoms with van der Waals surface area (Å²) in [6.07, 6.45) is 1.46. The topological polar surface area (TPSA) is 80.3 Å². The zero-order valence-corrected chi connectivity index (χ0v) is 12.2. The molecule has 0 saturated heterocycles. The first kappa shape index (κ1) is 15.3. The van der Waals surface area contributed by atoms with Crippen LogP contribution in [0.3, 0.4) is 0 Å². The van der Waals surface area contributed by atoms with Gasteiger partial charge in [-0.25, -0.2) is 21.6 Å². The minimum absolute atomic E-state index is 0.430. The van der Waals surface area contributed by atoms with Gasteiger partial charge in [0.2, 0.25) is 10.0 Å². The second-order valence-corrected chi connectivity index (χ2v) is 8.60. The van der Waals surface area contributed by atoms with Crippen molar-refractivity contribution in [3.63, 3.8) is 0 Å². The summed E-state index contributed by atoms with van der Waals surface area (Å²) in [5, 5.41) is -0.442. The molecule has 0 amide bonds. The quantitative estimate of drug-likeness (QED) is 0.721. The van der Waals surface area contributed by atoms with Crippen LogP contribution in [-0.4, -0.2) is 39.0 Å². The molecule has 0 rings (SSSR count). The zero-order chi connectivity index (χ0) is 12.3. The summed E-state index contributed by atoms with van der Waals surface area (Å²) in [5.41, 5.74) is -0.649. The maximum Gasteiger partial charge on any atom is 0.226 e. The number of hydrogen-bond acceptors (Lipinski definition) is 4. The average molecular weight is 322 g/mol. The third kappa shape index (κ3) is 6.49. The van der Waals surface area contributed by atoms with Gasteiger partial charge in [0.15, 0.2) is 14.9 Å². The molecule has 0 radical (unpaired) electrons. The number of nitrogens with one attached hydrogen (secondary N) is 1. The van der Waals surface area contributed by atoms with E-state index in [4.69, 9.17) is 0 Å². The van der Waals surface area contributed by atoms with Crippen molar-refractivity contribution in [1.29, 1.82) is 0 Å². The molecule has 1 atom stereocenters. The Morgan fingerprint density at radius 1 is 1.27 bits per heavy atom. The van der Waals surface area contributed by atoms with E-state index in [0.29, 0.717) is 11.8 Å². The van der Waals surface area contributed by atoms with Gasteiger partial charge in [-0.3, -0.25) is 0 Å². The van der Waals surface area contributed by atoms with E-state index >= 15 is 0 Å². The summed E-state index contributed by atoms with van der Waals surface area (Å²) in [4.78, 5) is 0. The molecule has 15 heavy (non-hydrogen) atoms. The van der Waals surface area contributed by atoms with Gasteiger partial charge in [-0.1, -0.05) is 22.9 Å². The Morgan fingerprint density at radius 3 is 2.00 bits per heavy atom. The van der Waals surface area contributed by atoms with Crippen molar-refractivity contribution >= 4 is 35.8 Å². The maximum atomic E-state index is 11.5. The van der Waals surface area contributed by atoms with E-state index in [2.05, 4.69) is 20.7 Å². The Bertz CT molecular complexity index is 397. The average Bonchev–Trinajstić information content (AvgIpc) is 1.98. The van der Waals surface area contributed by atoms with E-state index < -0.39 is 30.5 Å². The third-order valence-corrected chi connectivity index (χ3v) is 6.84. The zero-order valence-electron chi connectivity index (χ0n) is 8.95. The second kappa shape index (κ2) is 5.11. The maximum absolute atomic E-state index is 11.5. The molecule has 8 heteroatoms. The Kier molecular flexibility index (Phi) is 5.23. The number of halogens is 1. The lowest BCUT2D eigenvalue weighted by molar-refractivity contribution is 0.451. The Balaban J connectivity index is 4.80. The van der Waals surface area contributed by atoms with Crippen LogP contribution in [0.4, 0.5) is 0 Å². The number of rotatable bonds is 6. The third-order valence-electron chi connectivity index (χ3n) is 1.85. The standard InChI is InChI=1S/C7H16BrNO4S2/c1-4-7(2,5-8)9-15(12,13)6-14(3,10)11/h9H,4-6H2,1-3H3. The van der Waals surface area contributed by atoms with Crippen molar-refractivity contribution in [1.82, 2.24) is 4.72 Å². The summed E-state index contributed by atoms with van der Waals surface area (Å²) in [7, 11) is -7.33. The van der Waals surface area contributed by atoms with Crippen LogP contribution in [0.2, 0.25) is 0 Å². The summed E-state index contributed by atoms with van der Waals surface area (Å²) in [5.74, 6) is 0. The molecule has 0 spiro atoms. The van der Waals surface area contributed by atoms with E-state index in [1.807, 2.05) is 6.92 Å². The van der Waals surface area contributed by atoms with Crippen LogP contribution < -0.4 is 4.72 Å². The van der Waals surface area contributed by atoms with Gasteiger partial charge in [-0.15, -0.1) is 0 Å². The molecule has 0 aliphatic heterocycles. The fraction of sp³-hybridized carbons (Fsp3) is 1.00. The number of sulfonamides is 1. The highest BCUT2D eigenvalue weighted by atomic mass is 79.9. The van der Waals surface area contributed by atoms with Gasteiger partial charge in [0.1, 0.15) is 0 Å². The smallest absolute Gasteiger partial charge is 0.226 e. The molecule has 0 aliphatic carbocycles. The monoisotopic (exact) mass is 321 g/mol. The molecule has 0 aromatic rings. The van der Waals surface area contributed by atoms with Crippen LogP contribution in [0.5, 0.6) is 0 Å². The van der Waals surface area contributed by atoms with Crippen molar-refractivity contribution < 1.29 is 16.8 Å². The largest absolute Gasteiger partial charge is 0.228 e. The van der Waals surface area contributed by atoms with E-state index in [1.165, 1.54) is 0 Å². The molecule has 0 bridgehead atoms. The molecule has 0 heterocycles. The summed E-state index contributed by atoms with van der Waals surface area (Å²) in [6.45, 7) is 3.53. The number of sulfone groups is 1. The molecule has 0 fully saturated rings. The van der Waals surface area contributed by atoms with Gasteiger partial charge in [-0.2, -0.15) is 0 Å². The first-order valence-electron chi connectivity index (χ1n) is 4.29. The minimum Gasteiger partial charge on any atom is -0.228 e. The van der Waals surface area contributed by atoms with E-state index in [-0.39, 0.29) is 0 Å². The van der Waals surface area contributed by atoms with Crippen LogP contribution in [-0.2, 0) is 19.9 Å². The highest BCUT2D eigenvalue weighted by molar-refractivity contribution is 9.09. The highest BCUT2D eigenvalue weighted by Crippen LogP contribution is 2.14. The molecule has 1 N–H and O–H groups in total. The predicted molar refractivity (Wildman–Crippen MR) is 64.3 cm³/mol. The van der Waals surface area contributed by atoms with Crippen LogP contribution in [0.15, 0.2) is 0 Å². The molecule has 0 aromatic heterocycles. The van der Waals surface area contributed by atoms with Crippen molar-refractivity contribution in [3.8, 4) is 0 Å². The molecule has 1 unspecified atom stereocenters. The van der Waals surface area contributed by atoms with Gasteiger partial charge < -0.3 is 0 Å². The first-order valence-corrected chi connectivity index (χ1v) is 9.12. The summed E-state index contributed by atoms with van der Waals surface area (Å²) < 4.78 is 47.1. The van der Waals surface area contributed by atoms with E-state index in [0.717, 1.165) is 6.26 Å². The van der Waals surface area contributed by atoms with Crippen molar-refractivity contribution in [2.45, 2.75) is 25.8 Å². The molecule has 92 valence electrons. The first-order chi connectivity index (χ1) is 6.54. The number of alkyl halides is 1. The minimum atomic E-state index is -3.79. The van der Waals surface area contributed by atoms with Crippen LogP contribution in [0, 0.1) is 0 Å². The van der Waals surface area contributed by atoms with Crippen molar-refractivity contribution in [2.75, 3.05) is 16.7 Å². The Morgan fingerprint density at radius 2 is 1.73 bits per heavy atom. The molecule has 0 aliphatic rings. The molecule has 0 aromatic carbocycles. The van der Waals surface area contributed by atoms with Gasteiger partial charge in [0, 0.05) is 17.1 Å². The van der Waals surface area contributed by atoms with Gasteiger partial charge >= 0.3 is 0 Å². The molecular formula is C7H16BrNO4S2. The van der Waals surface area contributed by atoms with Gasteiger partial charge in [-0.05, 0) is 13.3 Å². The lowest BCUT2D eigenvalue weighted by Gasteiger charge is -2.26.